The summed E-state index contributed by atoms with van der Waals surface area (Å²) < 4.78 is 5.56. The summed E-state index contributed by atoms with van der Waals surface area (Å²) in [4.78, 5) is 10.6. The molecule has 1 rings (SSSR count). The van der Waals surface area contributed by atoms with Crippen LogP contribution < -0.4 is 0 Å². The third-order valence-corrected chi connectivity index (χ3v) is 2.14. The molecule has 2 unspecified atom stereocenters. The van der Waals surface area contributed by atoms with E-state index in [2.05, 4.69) is 6.92 Å². The fourth-order valence-electron chi connectivity index (χ4n) is 1.46. The quantitative estimate of drug-likeness (QED) is 0.624. The lowest BCUT2D eigenvalue weighted by molar-refractivity contribution is -0.117. The van der Waals surface area contributed by atoms with Crippen molar-refractivity contribution in [2.24, 2.45) is 0 Å². The van der Waals surface area contributed by atoms with Crippen molar-refractivity contribution in [3.63, 3.8) is 0 Å². The van der Waals surface area contributed by atoms with Gasteiger partial charge in [0.2, 0.25) is 0 Å². The van der Waals surface area contributed by atoms with Crippen molar-refractivity contribution < 1.29 is 9.53 Å². The molecule has 0 saturated carbocycles. The molecule has 11 heavy (non-hydrogen) atoms. The summed E-state index contributed by atoms with van der Waals surface area (Å²) in [7, 11) is 0. The van der Waals surface area contributed by atoms with Gasteiger partial charge < -0.3 is 9.53 Å². The van der Waals surface area contributed by atoms with Crippen molar-refractivity contribution in [1.82, 2.24) is 0 Å². The molecule has 0 aliphatic carbocycles. The second-order valence-corrected chi connectivity index (χ2v) is 3.39. The van der Waals surface area contributed by atoms with Crippen LogP contribution in [0, 0.1) is 0 Å². The fourth-order valence-corrected chi connectivity index (χ4v) is 1.46. The van der Waals surface area contributed by atoms with E-state index in [0.29, 0.717) is 18.6 Å². The molecule has 0 bridgehead atoms. The number of hydrogen-bond acceptors (Lipinski definition) is 2. The number of hydrogen-bond donors (Lipinski definition) is 0. The van der Waals surface area contributed by atoms with E-state index < -0.39 is 0 Å². The van der Waals surface area contributed by atoms with Crippen LogP contribution >= 0.6 is 0 Å². The minimum Gasteiger partial charge on any atom is -0.375 e. The van der Waals surface area contributed by atoms with Crippen LogP contribution in [0.15, 0.2) is 0 Å². The predicted octanol–water partition coefficient (Wildman–Crippen LogP) is 1.92. The first kappa shape index (κ1) is 8.72. The van der Waals surface area contributed by atoms with Crippen molar-refractivity contribution in [2.45, 2.75) is 51.7 Å². The summed E-state index contributed by atoms with van der Waals surface area (Å²) in [6.07, 6.45) is 4.65. The molecule has 0 radical (unpaired) electrons. The molecule has 64 valence electrons. The van der Waals surface area contributed by atoms with Gasteiger partial charge in [-0.05, 0) is 33.1 Å². The maximum absolute atomic E-state index is 10.6. The lowest BCUT2D eigenvalue weighted by Gasteiger charge is -2.08. The van der Waals surface area contributed by atoms with Gasteiger partial charge in [0, 0.05) is 6.42 Å². The highest BCUT2D eigenvalue weighted by Crippen LogP contribution is 2.22. The molecule has 0 spiro atoms. The summed E-state index contributed by atoms with van der Waals surface area (Å²) in [5, 5.41) is 0. The molecule has 1 aliphatic rings. The van der Waals surface area contributed by atoms with Gasteiger partial charge in [-0.3, -0.25) is 0 Å². The van der Waals surface area contributed by atoms with Crippen molar-refractivity contribution >= 4 is 5.78 Å². The van der Waals surface area contributed by atoms with Crippen LogP contribution in [0.5, 0.6) is 0 Å². The molecule has 1 heterocycles. The first-order valence-corrected chi connectivity index (χ1v) is 4.33. The third-order valence-electron chi connectivity index (χ3n) is 2.14. The summed E-state index contributed by atoms with van der Waals surface area (Å²) >= 11 is 0. The van der Waals surface area contributed by atoms with Crippen LogP contribution in [-0.4, -0.2) is 18.0 Å². The zero-order valence-corrected chi connectivity index (χ0v) is 7.30. The second-order valence-electron chi connectivity index (χ2n) is 3.39. The highest BCUT2D eigenvalue weighted by Gasteiger charge is 2.21. The smallest absolute Gasteiger partial charge is 0.129 e. The van der Waals surface area contributed by atoms with Gasteiger partial charge in [-0.2, -0.15) is 0 Å². The van der Waals surface area contributed by atoms with Gasteiger partial charge >= 0.3 is 0 Å². The molecule has 2 nitrogen and oxygen atoms in total. The molecule has 1 fully saturated rings. The number of ketones is 1. The molecule has 0 amide bonds. The van der Waals surface area contributed by atoms with Crippen LogP contribution in [0.25, 0.3) is 0 Å². The van der Waals surface area contributed by atoms with Gasteiger partial charge in [-0.1, -0.05) is 0 Å². The van der Waals surface area contributed by atoms with Gasteiger partial charge in [-0.25, -0.2) is 0 Å². The van der Waals surface area contributed by atoms with Crippen molar-refractivity contribution in [1.29, 1.82) is 0 Å². The molecule has 2 heteroatoms. The second kappa shape index (κ2) is 3.86. The summed E-state index contributed by atoms with van der Waals surface area (Å²) in [5.41, 5.74) is 0. The molecule has 0 aromatic rings. The van der Waals surface area contributed by atoms with Crippen molar-refractivity contribution in [2.75, 3.05) is 0 Å². The van der Waals surface area contributed by atoms with Gasteiger partial charge in [-0.15, -0.1) is 0 Å². The van der Waals surface area contributed by atoms with E-state index in [9.17, 15) is 4.79 Å². The maximum Gasteiger partial charge on any atom is 0.129 e. The van der Waals surface area contributed by atoms with Gasteiger partial charge in [0.25, 0.3) is 0 Å². The maximum atomic E-state index is 10.6. The lowest BCUT2D eigenvalue weighted by atomic mass is 10.1. The Morgan fingerprint density at radius 2 is 2.27 bits per heavy atom. The Labute approximate surface area is 67.9 Å². The molecule has 0 aromatic heterocycles. The SMILES string of the molecule is CC(=O)CCC1CCC(C)O1. The Balaban J connectivity index is 2.13. The molecular formula is C9H16O2. The monoisotopic (exact) mass is 156 g/mol. The summed E-state index contributed by atoms with van der Waals surface area (Å²) in [5.74, 6) is 0.271. The minimum absolute atomic E-state index is 0.271. The zero-order chi connectivity index (χ0) is 8.27. The number of Topliss-reactive ketones (excluding diaryl/α,β-unsaturated/α-hetero) is 1. The summed E-state index contributed by atoms with van der Waals surface area (Å²) in [6.45, 7) is 3.73. The average Bonchev–Trinajstić information content (AvgIpc) is 2.31. The summed E-state index contributed by atoms with van der Waals surface area (Å²) in [6, 6.07) is 0. The Morgan fingerprint density at radius 1 is 1.55 bits per heavy atom. The number of rotatable bonds is 3. The van der Waals surface area contributed by atoms with E-state index in [1.165, 1.54) is 0 Å². The van der Waals surface area contributed by atoms with E-state index in [4.69, 9.17) is 4.74 Å². The van der Waals surface area contributed by atoms with Crippen molar-refractivity contribution in [3.8, 4) is 0 Å². The Morgan fingerprint density at radius 3 is 2.73 bits per heavy atom. The molecule has 1 aliphatic heterocycles. The standard InChI is InChI=1S/C9H16O2/c1-7(10)3-5-9-6-4-8(2)11-9/h8-9H,3-6H2,1-2H3. The predicted molar refractivity (Wildman–Crippen MR) is 43.5 cm³/mol. The Hall–Kier alpha value is -0.370. The Bertz CT molecular complexity index is 142. The van der Waals surface area contributed by atoms with Crippen LogP contribution in [0.1, 0.15) is 39.5 Å². The number of carbonyl (C=O) groups excluding carboxylic acids is 1. The highest BCUT2D eigenvalue weighted by molar-refractivity contribution is 5.75. The van der Waals surface area contributed by atoms with Gasteiger partial charge in [0.05, 0.1) is 12.2 Å². The lowest BCUT2D eigenvalue weighted by Crippen LogP contribution is -2.09. The largest absolute Gasteiger partial charge is 0.375 e. The molecular weight excluding hydrogens is 140 g/mol. The molecule has 1 saturated heterocycles. The molecule has 0 aromatic carbocycles. The topological polar surface area (TPSA) is 26.3 Å². The van der Waals surface area contributed by atoms with Gasteiger partial charge in [0.1, 0.15) is 5.78 Å². The zero-order valence-electron chi connectivity index (χ0n) is 7.30. The van der Waals surface area contributed by atoms with Crippen LogP contribution in [0.3, 0.4) is 0 Å². The van der Waals surface area contributed by atoms with E-state index in [1.807, 2.05) is 0 Å². The number of ether oxygens (including phenoxy) is 1. The number of carbonyl (C=O) groups is 1. The van der Waals surface area contributed by atoms with Crippen LogP contribution in [0.4, 0.5) is 0 Å². The molecule has 0 N–H and O–H groups in total. The van der Waals surface area contributed by atoms with E-state index >= 15 is 0 Å². The van der Waals surface area contributed by atoms with Crippen LogP contribution in [-0.2, 0) is 9.53 Å². The molecule has 2 atom stereocenters. The Kier molecular flexibility index (Phi) is 3.06. The first-order valence-electron chi connectivity index (χ1n) is 4.33. The van der Waals surface area contributed by atoms with Gasteiger partial charge in [0.15, 0.2) is 0 Å². The fraction of sp³-hybridized carbons (Fsp3) is 0.889. The highest BCUT2D eigenvalue weighted by atomic mass is 16.5. The minimum atomic E-state index is 0.271. The van der Waals surface area contributed by atoms with Crippen molar-refractivity contribution in [3.05, 3.63) is 0 Å². The average molecular weight is 156 g/mol. The van der Waals surface area contributed by atoms with E-state index in [1.54, 1.807) is 6.92 Å². The van der Waals surface area contributed by atoms with E-state index in [-0.39, 0.29) is 5.78 Å². The normalized spacial score (nSPS) is 30.7. The van der Waals surface area contributed by atoms with Crippen LogP contribution in [0.2, 0.25) is 0 Å². The first-order chi connectivity index (χ1) is 5.18. The van der Waals surface area contributed by atoms with E-state index in [0.717, 1.165) is 19.3 Å². The third kappa shape index (κ3) is 3.02.